The van der Waals surface area contributed by atoms with Crippen molar-refractivity contribution < 1.29 is 39.1 Å². The van der Waals surface area contributed by atoms with E-state index < -0.39 is 29.0 Å². The van der Waals surface area contributed by atoms with E-state index in [0.29, 0.717) is 47.0 Å². The van der Waals surface area contributed by atoms with Crippen LogP contribution in [-0.2, 0) is 0 Å². The number of hydrogen-bond donors (Lipinski definition) is 3. The Morgan fingerprint density at radius 1 is 0.667 bits per heavy atom. The van der Waals surface area contributed by atoms with E-state index in [2.05, 4.69) is 41.5 Å². The Labute approximate surface area is 408 Å². The van der Waals surface area contributed by atoms with Crippen molar-refractivity contribution in [3.8, 4) is 34.5 Å². The molecule has 4 aromatic carbocycles. The normalized spacial score (nSPS) is 33.2. The minimum absolute atomic E-state index is 0.00344. The maximum absolute atomic E-state index is 14.4. The molecule has 7 aliphatic rings. The molecule has 0 aromatic heterocycles. The Morgan fingerprint density at radius 3 is 1.74 bits per heavy atom. The van der Waals surface area contributed by atoms with E-state index in [-0.39, 0.29) is 85.9 Å². The quantitative estimate of drug-likeness (QED) is 0.103. The molecule has 4 saturated carbocycles. The monoisotopic (exact) mass is 931 g/mol. The molecule has 4 fully saturated rings. The Hall–Kier alpha value is -5.50. The standard InChI is InChI=1S/C61H70O8/c1-32-20-22-42-47-43-23-21-33(2)38-30-59(6,7)41(38)25-27-61(43,9)69-57-50(53(65)39(31-62)56(51(47)57)68-60(42,8)26-24-40-37(32)29-58(40,4)5)46(36-18-14-11-15-19-36)49-52(64)34(3)55-48(54(49)66)44(63)28-45(67-55)35-16-12-10-13-17-35/h10-19,31,37-38,40-43,45-47,64-66H,1-2,20-30H2,3-9H3/t37-,38-,40-,41-,42+,43+,45+,46-,47+,60-,61-/m1/s1. The Balaban J connectivity index is 1.16. The number of carbonyl (C=O) groups is 2. The molecule has 0 spiro atoms. The lowest BCUT2D eigenvalue weighted by Gasteiger charge is -2.57. The van der Waals surface area contributed by atoms with Crippen molar-refractivity contribution in [2.24, 2.45) is 46.3 Å². The molecule has 362 valence electrons. The Morgan fingerprint density at radius 2 is 1.20 bits per heavy atom. The van der Waals surface area contributed by atoms with Gasteiger partial charge in [-0.15, -0.1) is 0 Å². The molecule has 8 nitrogen and oxygen atoms in total. The lowest BCUT2D eigenvalue weighted by atomic mass is 9.52. The van der Waals surface area contributed by atoms with Gasteiger partial charge in [-0.2, -0.15) is 0 Å². The van der Waals surface area contributed by atoms with Crippen LogP contribution in [0.3, 0.4) is 0 Å². The molecule has 0 amide bonds. The summed E-state index contributed by atoms with van der Waals surface area (Å²) in [6.07, 6.45) is 9.22. The molecule has 3 aliphatic heterocycles. The summed E-state index contributed by atoms with van der Waals surface area (Å²) in [5.74, 6) is 0.150. The molecule has 8 heteroatoms. The third-order valence-corrected chi connectivity index (χ3v) is 19.5. The van der Waals surface area contributed by atoms with Crippen molar-refractivity contribution in [1.82, 2.24) is 0 Å². The lowest BCUT2D eigenvalue weighted by molar-refractivity contribution is -0.0950. The van der Waals surface area contributed by atoms with Crippen LogP contribution in [0.5, 0.6) is 34.5 Å². The number of aldehydes is 1. The highest BCUT2D eigenvalue weighted by molar-refractivity contribution is 6.04. The smallest absolute Gasteiger partial charge is 0.174 e. The Kier molecular flexibility index (Phi) is 10.7. The molecular weight excluding hydrogens is 861 g/mol. The van der Waals surface area contributed by atoms with Gasteiger partial charge in [-0.1, -0.05) is 113 Å². The van der Waals surface area contributed by atoms with Gasteiger partial charge in [0, 0.05) is 45.9 Å². The van der Waals surface area contributed by atoms with Crippen LogP contribution in [0.2, 0.25) is 0 Å². The van der Waals surface area contributed by atoms with Crippen molar-refractivity contribution in [3.63, 3.8) is 0 Å². The van der Waals surface area contributed by atoms with E-state index in [1.165, 1.54) is 11.1 Å². The van der Waals surface area contributed by atoms with Gasteiger partial charge < -0.3 is 29.5 Å². The molecule has 3 heterocycles. The van der Waals surface area contributed by atoms with E-state index in [1.807, 2.05) is 60.7 Å². The van der Waals surface area contributed by atoms with Gasteiger partial charge in [0.05, 0.1) is 12.0 Å². The molecular formula is C61H70O8. The van der Waals surface area contributed by atoms with Gasteiger partial charge in [0.2, 0.25) is 0 Å². The number of benzene rings is 4. The molecule has 4 aromatic rings. The van der Waals surface area contributed by atoms with Gasteiger partial charge in [-0.25, -0.2) is 0 Å². The second kappa shape index (κ2) is 16.0. The molecule has 11 atom stereocenters. The highest BCUT2D eigenvalue weighted by Crippen LogP contribution is 2.69. The number of phenols is 3. The zero-order chi connectivity index (χ0) is 48.7. The fourth-order valence-electron chi connectivity index (χ4n) is 15.6. The number of ether oxygens (including phenoxy) is 3. The molecule has 0 saturated heterocycles. The van der Waals surface area contributed by atoms with Gasteiger partial charge in [0.1, 0.15) is 57.4 Å². The summed E-state index contributed by atoms with van der Waals surface area (Å²) >= 11 is 0. The van der Waals surface area contributed by atoms with Crippen molar-refractivity contribution in [2.75, 3.05) is 0 Å². The minimum Gasteiger partial charge on any atom is -0.507 e. The van der Waals surface area contributed by atoms with Crippen molar-refractivity contribution in [3.05, 3.63) is 129 Å². The van der Waals surface area contributed by atoms with Crippen LogP contribution in [0.4, 0.5) is 0 Å². The van der Waals surface area contributed by atoms with E-state index in [4.69, 9.17) is 27.4 Å². The number of rotatable bonds is 5. The fraction of sp³-hybridized carbons (Fsp3) is 0.508. The van der Waals surface area contributed by atoms with Crippen LogP contribution >= 0.6 is 0 Å². The maximum atomic E-state index is 14.4. The first-order valence-electron chi connectivity index (χ1n) is 25.8. The molecule has 0 radical (unpaired) electrons. The molecule has 4 aliphatic carbocycles. The van der Waals surface area contributed by atoms with Crippen LogP contribution in [-0.4, -0.2) is 38.6 Å². The zero-order valence-electron chi connectivity index (χ0n) is 41.6. The first kappa shape index (κ1) is 45.9. The van der Waals surface area contributed by atoms with Crippen LogP contribution < -0.4 is 14.2 Å². The molecule has 3 N–H and O–H groups in total. The highest BCUT2D eigenvalue weighted by atomic mass is 16.5. The SMILES string of the molecule is C=C1CC[C@H]2[C@@H]3c4c(c(C=O)c(O)c([C@H](c5ccccc5)c5c(O)c(C)c6c(c5O)C(=O)C[C@@H](c5ccccc5)O6)c4O[C@]4(C)CC[C@@H]5[C@H](CC5(C)C)C(=C)CC[C@@H]34)O[C@]2(C)CC[C@@H]2[C@@H]1CC2(C)C. The summed E-state index contributed by atoms with van der Waals surface area (Å²) in [5, 5.41) is 38.5. The summed E-state index contributed by atoms with van der Waals surface area (Å²) in [5.41, 5.74) is 4.36. The summed E-state index contributed by atoms with van der Waals surface area (Å²) in [6.45, 7) is 25.2. The van der Waals surface area contributed by atoms with Crippen molar-refractivity contribution >= 4 is 12.1 Å². The second-order valence-electron chi connectivity index (χ2n) is 24.1. The third-order valence-electron chi connectivity index (χ3n) is 19.5. The first-order valence-corrected chi connectivity index (χ1v) is 25.8. The van der Waals surface area contributed by atoms with Gasteiger partial charge in [-0.3, -0.25) is 9.59 Å². The number of phenolic OH excluding ortho intramolecular Hbond substituents is 3. The van der Waals surface area contributed by atoms with Gasteiger partial charge >= 0.3 is 0 Å². The van der Waals surface area contributed by atoms with Gasteiger partial charge in [-0.05, 0) is 131 Å². The Bertz CT molecular complexity index is 2790. The molecule has 69 heavy (non-hydrogen) atoms. The molecule has 0 unspecified atom stereocenters. The average molecular weight is 931 g/mol. The van der Waals surface area contributed by atoms with Gasteiger partial charge in [0.15, 0.2) is 12.1 Å². The second-order valence-corrected chi connectivity index (χ2v) is 24.1. The van der Waals surface area contributed by atoms with Crippen LogP contribution in [0.15, 0.2) is 85.0 Å². The molecule has 11 rings (SSSR count). The predicted octanol–water partition coefficient (Wildman–Crippen LogP) is 14.0. The van der Waals surface area contributed by atoms with Gasteiger partial charge in [0.25, 0.3) is 0 Å². The highest BCUT2D eigenvalue weighted by Gasteiger charge is 2.61. The lowest BCUT2D eigenvalue weighted by Crippen LogP contribution is -2.56. The number of hydrogen-bond acceptors (Lipinski definition) is 8. The predicted molar refractivity (Wildman–Crippen MR) is 268 cm³/mol. The number of ketones is 1. The van der Waals surface area contributed by atoms with Crippen LogP contribution in [0.1, 0.15) is 184 Å². The number of carbonyl (C=O) groups excluding carboxylic acids is 2. The fourth-order valence-corrected chi connectivity index (χ4v) is 15.6. The van der Waals surface area contributed by atoms with Crippen LogP contribution in [0.25, 0.3) is 0 Å². The van der Waals surface area contributed by atoms with E-state index in [0.717, 1.165) is 75.3 Å². The summed E-state index contributed by atoms with van der Waals surface area (Å²) in [4.78, 5) is 28.3. The zero-order valence-corrected chi connectivity index (χ0v) is 41.6. The first-order chi connectivity index (χ1) is 32.8. The third kappa shape index (κ3) is 6.87. The van der Waals surface area contributed by atoms with Crippen molar-refractivity contribution in [1.29, 1.82) is 0 Å². The number of aromatic hydroxyl groups is 3. The number of fused-ring (bicyclic) bond motifs is 7. The summed E-state index contributed by atoms with van der Waals surface area (Å²) in [7, 11) is 0. The maximum Gasteiger partial charge on any atom is 0.174 e. The number of Topliss-reactive ketones (excluding diaryl/α,β-unsaturated/α-hetero) is 1. The van der Waals surface area contributed by atoms with E-state index >= 15 is 0 Å². The van der Waals surface area contributed by atoms with Crippen molar-refractivity contribution in [2.45, 2.75) is 148 Å². The topological polar surface area (TPSA) is 123 Å². The van der Waals surface area contributed by atoms with E-state index in [1.54, 1.807) is 6.92 Å². The minimum atomic E-state index is -1.10. The summed E-state index contributed by atoms with van der Waals surface area (Å²) in [6, 6.07) is 18.9. The molecule has 0 bridgehead atoms. The van der Waals surface area contributed by atoms with Crippen LogP contribution in [0, 0.1) is 53.3 Å². The average Bonchev–Trinajstić information content (AvgIpc) is 3.38. The number of allylic oxidation sites excluding steroid dienone is 2. The summed E-state index contributed by atoms with van der Waals surface area (Å²) < 4.78 is 21.7. The largest absolute Gasteiger partial charge is 0.507 e. The van der Waals surface area contributed by atoms with E-state index in [9.17, 15) is 24.9 Å².